The van der Waals surface area contributed by atoms with Crippen LogP contribution in [-0.2, 0) is 0 Å². The molecule has 0 fully saturated rings. The van der Waals surface area contributed by atoms with E-state index in [0.717, 1.165) is 12.0 Å². The zero-order chi connectivity index (χ0) is 17.0. The second-order valence-electron chi connectivity index (χ2n) is 6.79. The van der Waals surface area contributed by atoms with E-state index in [1.54, 1.807) is 6.07 Å². The number of phenolic OH excluding ortho intramolecular Hbond substituents is 1. The van der Waals surface area contributed by atoms with Gasteiger partial charge in [0.25, 0.3) is 0 Å². The van der Waals surface area contributed by atoms with E-state index in [9.17, 15) is 5.11 Å². The first-order valence-electron chi connectivity index (χ1n) is 8.18. The molecule has 2 aliphatic rings. The number of hydrogen-bond acceptors (Lipinski definition) is 2. The fraction of sp³-hybridized carbons (Fsp3) is 0.300. The Morgan fingerprint density at radius 3 is 2.67 bits per heavy atom. The van der Waals surface area contributed by atoms with Crippen LogP contribution in [0.2, 0.25) is 10.0 Å². The summed E-state index contributed by atoms with van der Waals surface area (Å²) in [5.41, 5.74) is 5.84. The van der Waals surface area contributed by atoms with E-state index in [0.29, 0.717) is 21.9 Å². The summed E-state index contributed by atoms with van der Waals surface area (Å²) in [7, 11) is 0. The molecule has 124 valence electrons. The van der Waals surface area contributed by atoms with Crippen LogP contribution in [-0.4, -0.2) is 5.11 Å². The normalized spacial score (nSPS) is 24.4. The maximum Gasteiger partial charge on any atom is 0.139 e. The van der Waals surface area contributed by atoms with Gasteiger partial charge in [-0.25, -0.2) is 0 Å². The van der Waals surface area contributed by atoms with Crippen molar-refractivity contribution in [1.29, 1.82) is 0 Å². The minimum absolute atomic E-state index is 0.0193. The highest BCUT2D eigenvalue weighted by Crippen LogP contribution is 2.53. The number of rotatable bonds is 1. The molecule has 0 aromatic heterocycles. The Labute approximate surface area is 152 Å². The zero-order valence-corrected chi connectivity index (χ0v) is 15.1. The number of aryl methyl sites for hydroxylation is 2. The molecule has 4 rings (SSSR count). The summed E-state index contributed by atoms with van der Waals surface area (Å²) >= 11 is 12.4. The second-order valence-corrected chi connectivity index (χ2v) is 7.63. The highest BCUT2D eigenvalue weighted by Gasteiger charge is 2.40. The summed E-state index contributed by atoms with van der Waals surface area (Å²) in [4.78, 5) is 0. The number of aromatic hydroxyl groups is 1. The Morgan fingerprint density at radius 2 is 1.88 bits per heavy atom. The Hall–Kier alpha value is -1.64. The number of allylic oxidation sites excluding steroid dienone is 2. The summed E-state index contributed by atoms with van der Waals surface area (Å²) in [6.07, 6.45) is 5.51. The lowest BCUT2D eigenvalue weighted by molar-refractivity contribution is 0.401. The molecule has 2 aromatic carbocycles. The van der Waals surface area contributed by atoms with Crippen LogP contribution in [0.4, 0.5) is 5.69 Å². The first-order chi connectivity index (χ1) is 11.5. The fourth-order valence-corrected chi connectivity index (χ4v) is 4.68. The van der Waals surface area contributed by atoms with Gasteiger partial charge in [-0.2, -0.15) is 0 Å². The third-order valence-corrected chi connectivity index (χ3v) is 5.85. The van der Waals surface area contributed by atoms with Crippen LogP contribution in [0.1, 0.15) is 40.6 Å². The monoisotopic (exact) mass is 359 g/mol. The Balaban J connectivity index is 1.89. The van der Waals surface area contributed by atoms with Crippen molar-refractivity contribution in [1.82, 2.24) is 0 Å². The lowest BCUT2D eigenvalue weighted by Gasteiger charge is -2.39. The molecule has 0 radical (unpaired) electrons. The molecule has 24 heavy (non-hydrogen) atoms. The lowest BCUT2D eigenvalue weighted by Crippen LogP contribution is -2.30. The van der Waals surface area contributed by atoms with Gasteiger partial charge in [-0.3, -0.25) is 0 Å². The van der Waals surface area contributed by atoms with Gasteiger partial charge in [-0.1, -0.05) is 47.5 Å². The molecule has 0 spiro atoms. The molecule has 2 N–H and O–H groups in total. The van der Waals surface area contributed by atoms with Crippen molar-refractivity contribution in [3.8, 4) is 5.75 Å². The number of nitrogens with one attached hydrogen (secondary N) is 1. The number of anilines is 1. The molecular formula is C20H19Cl2NO. The highest BCUT2D eigenvalue weighted by molar-refractivity contribution is 6.35. The molecule has 4 heteroatoms. The van der Waals surface area contributed by atoms with Gasteiger partial charge >= 0.3 is 0 Å². The van der Waals surface area contributed by atoms with Gasteiger partial charge in [0.2, 0.25) is 0 Å². The van der Waals surface area contributed by atoms with Crippen LogP contribution in [0.15, 0.2) is 36.4 Å². The third kappa shape index (κ3) is 2.32. The summed E-state index contributed by atoms with van der Waals surface area (Å²) in [5, 5.41) is 15.0. The molecule has 2 aromatic rings. The Morgan fingerprint density at radius 1 is 1.12 bits per heavy atom. The van der Waals surface area contributed by atoms with Gasteiger partial charge in [-0.15, -0.1) is 0 Å². The second kappa shape index (κ2) is 5.72. The molecule has 1 aliphatic heterocycles. The van der Waals surface area contributed by atoms with Crippen molar-refractivity contribution in [2.24, 2.45) is 5.92 Å². The quantitative estimate of drug-likeness (QED) is 0.599. The molecule has 1 aliphatic carbocycles. The maximum atomic E-state index is 10.5. The van der Waals surface area contributed by atoms with Gasteiger partial charge < -0.3 is 10.4 Å². The van der Waals surface area contributed by atoms with E-state index < -0.39 is 0 Å². The van der Waals surface area contributed by atoms with E-state index in [1.165, 1.54) is 22.4 Å². The van der Waals surface area contributed by atoms with Crippen LogP contribution in [0.5, 0.6) is 5.75 Å². The standard InChI is InChI=1S/C20H19Cl2NO/c1-10-6-7-11(2)18-17(10)13-4-3-5-14(13)19(23-18)15-8-12(21)9-16(22)20(15)24/h3-4,6-9,13-14,19,23-24H,5H2,1-2H3. The molecule has 3 atom stereocenters. The molecule has 0 bridgehead atoms. The first-order valence-corrected chi connectivity index (χ1v) is 8.94. The minimum Gasteiger partial charge on any atom is -0.506 e. The summed E-state index contributed by atoms with van der Waals surface area (Å²) in [5.74, 6) is 0.819. The third-order valence-electron chi connectivity index (χ3n) is 5.34. The Bertz CT molecular complexity index is 859. The molecule has 0 saturated heterocycles. The van der Waals surface area contributed by atoms with E-state index in [4.69, 9.17) is 23.2 Å². The number of hydrogen-bond donors (Lipinski definition) is 2. The predicted octanol–water partition coefficient (Wildman–Crippen LogP) is 6.14. The van der Waals surface area contributed by atoms with E-state index in [-0.39, 0.29) is 11.8 Å². The summed E-state index contributed by atoms with van der Waals surface area (Å²) in [6.45, 7) is 4.28. The van der Waals surface area contributed by atoms with Gasteiger partial charge in [0.15, 0.2) is 0 Å². The first kappa shape index (κ1) is 15.9. The van der Waals surface area contributed by atoms with Crippen molar-refractivity contribution >= 4 is 28.9 Å². The molecular weight excluding hydrogens is 341 g/mol. The predicted molar refractivity (Wildman–Crippen MR) is 100 cm³/mol. The molecule has 2 nitrogen and oxygen atoms in total. The van der Waals surface area contributed by atoms with Crippen LogP contribution >= 0.6 is 23.2 Å². The minimum atomic E-state index is -0.0193. The van der Waals surface area contributed by atoms with E-state index in [1.807, 2.05) is 6.07 Å². The Kier molecular flexibility index (Phi) is 3.78. The van der Waals surface area contributed by atoms with E-state index >= 15 is 0 Å². The molecule has 3 unspecified atom stereocenters. The molecule has 0 amide bonds. The smallest absolute Gasteiger partial charge is 0.139 e. The number of benzene rings is 2. The van der Waals surface area contributed by atoms with Gasteiger partial charge in [0.05, 0.1) is 11.1 Å². The molecule has 1 heterocycles. The van der Waals surface area contributed by atoms with E-state index in [2.05, 4.69) is 43.4 Å². The van der Waals surface area contributed by atoms with Crippen LogP contribution < -0.4 is 5.32 Å². The van der Waals surface area contributed by atoms with Crippen molar-refractivity contribution in [2.45, 2.75) is 32.2 Å². The van der Waals surface area contributed by atoms with Gasteiger partial charge in [-0.05, 0) is 55.0 Å². The van der Waals surface area contributed by atoms with Crippen molar-refractivity contribution in [3.05, 3.63) is 68.7 Å². The summed E-state index contributed by atoms with van der Waals surface area (Å²) < 4.78 is 0. The van der Waals surface area contributed by atoms with Crippen molar-refractivity contribution in [2.75, 3.05) is 5.32 Å². The van der Waals surface area contributed by atoms with Crippen LogP contribution in [0, 0.1) is 19.8 Å². The number of halogens is 2. The van der Waals surface area contributed by atoms with Gasteiger partial charge in [0, 0.05) is 22.2 Å². The zero-order valence-electron chi connectivity index (χ0n) is 13.6. The highest BCUT2D eigenvalue weighted by atomic mass is 35.5. The topological polar surface area (TPSA) is 32.3 Å². The fourth-order valence-electron chi connectivity index (χ4n) is 4.17. The maximum absolute atomic E-state index is 10.5. The van der Waals surface area contributed by atoms with Crippen LogP contribution in [0.25, 0.3) is 0 Å². The largest absolute Gasteiger partial charge is 0.506 e. The SMILES string of the molecule is Cc1ccc(C)c2c1NC(c1cc(Cl)cc(Cl)c1O)C1CC=CC21. The lowest BCUT2D eigenvalue weighted by atomic mass is 9.75. The van der Waals surface area contributed by atoms with Crippen molar-refractivity contribution < 1.29 is 5.11 Å². The molecule has 0 saturated carbocycles. The average Bonchev–Trinajstić information content (AvgIpc) is 3.03. The average molecular weight is 360 g/mol. The van der Waals surface area contributed by atoms with Gasteiger partial charge in [0.1, 0.15) is 5.75 Å². The number of phenols is 1. The number of fused-ring (bicyclic) bond motifs is 3. The van der Waals surface area contributed by atoms with Crippen LogP contribution in [0.3, 0.4) is 0 Å². The van der Waals surface area contributed by atoms with Crippen molar-refractivity contribution in [3.63, 3.8) is 0 Å². The summed E-state index contributed by atoms with van der Waals surface area (Å²) in [6, 6.07) is 7.72.